The summed E-state index contributed by atoms with van der Waals surface area (Å²) >= 11 is 0. The van der Waals surface area contributed by atoms with Crippen molar-refractivity contribution >= 4 is 10.8 Å². The van der Waals surface area contributed by atoms with Gasteiger partial charge in [0.25, 0.3) is 5.56 Å². The molecule has 0 unspecified atom stereocenters. The van der Waals surface area contributed by atoms with Gasteiger partial charge < -0.3 is 4.57 Å². The second-order valence-corrected chi connectivity index (χ2v) is 5.15. The number of fused-ring (bicyclic) bond motifs is 1. The Morgan fingerprint density at radius 2 is 2.00 bits per heavy atom. The fraction of sp³-hybridized carbons (Fsp3) is 0.333. The lowest BCUT2D eigenvalue weighted by Crippen LogP contribution is -2.22. The van der Waals surface area contributed by atoms with Crippen molar-refractivity contribution in [3.63, 3.8) is 0 Å². The van der Waals surface area contributed by atoms with Gasteiger partial charge in [-0.05, 0) is 37.8 Å². The van der Waals surface area contributed by atoms with E-state index in [0.29, 0.717) is 13.0 Å². The average molecular weight is 240 g/mol. The number of aryl methyl sites for hydroxylation is 1. The van der Waals surface area contributed by atoms with Gasteiger partial charge in [0.1, 0.15) is 0 Å². The van der Waals surface area contributed by atoms with Gasteiger partial charge in [-0.15, -0.1) is 0 Å². The highest BCUT2D eigenvalue weighted by molar-refractivity contribution is 5.81. The smallest absolute Gasteiger partial charge is 0.258 e. The molecule has 0 amide bonds. The molecule has 92 valence electrons. The SMILES string of the molecule is CC(C)(C#N)CCn1ccc2ccccc2c1=O. The maximum absolute atomic E-state index is 12.2. The molecule has 0 atom stereocenters. The Hall–Kier alpha value is -2.08. The van der Waals surface area contributed by atoms with Gasteiger partial charge in [0.15, 0.2) is 0 Å². The summed E-state index contributed by atoms with van der Waals surface area (Å²) in [5.41, 5.74) is -0.382. The predicted molar refractivity (Wildman–Crippen MR) is 72.2 cm³/mol. The van der Waals surface area contributed by atoms with Crippen LogP contribution in [0, 0.1) is 16.7 Å². The lowest BCUT2D eigenvalue weighted by atomic mass is 9.91. The van der Waals surface area contributed by atoms with Gasteiger partial charge in [-0.25, -0.2) is 0 Å². The van der Waals surface area contributed by atoms with Gasteiger partial charge in [-0.1, -0.05) is 18.2 Å². The third-order valence-electron chi connectivity index (χ3n) is 3.17. The predicted octanol–water partition coefficient (Wildman–Crippen LogP) is 2.94. The number of hydrogen-bond acceptors (Lipinski definition) is 2. The van der Waals surface area contributed by atoms with E-state index in [1.165, 1.54) is 0 Å². The zero-order valence-electron chi connectivity index (χ0n) is 10.7. The normalized spacial score (nSPS) is 11.4. The Bertz CT molecular complexity index is 662. The first-order chi connectivity index (χ1) is 8.53. The molecule has 1 heterocycles. The van der Waals surface area contributed by atoms with Crippen molar-refractivity contribution in [3.8, 4) is 6.07 Å². The molecule has 2 rings (SSSR count). The fourth-order valence-corrected chi connectivity index (χ4v) is 1.86. The summed E-state index contributed by atoms with van der Waals surface area (Å²) in [7, 11) is 0. The van der Waals surface area contributed by atoms with Crippen molar-refractivity contribution in [1.82, 2.24) is 4.57 Å². The van der Waals surface area contributed by atoms with Gasteiger partial charge in [0.05, 0.1) is 11.5 Å². The van der Waals surface area contributed by atoms with Crippen LogP contribution in [-0.2, 0) is 6.54 Å². The van der Waals surface area contributed by atoms with E-state index in [-0.39, 0.29) is 5.56 Å². The molecule has 0 radical (unpaired) electrons. The molecule has 0 aliphatic heterocycles. The molecule has 0 saturated heterocycles. The summed E-state index contributed by atoms with van der Waals surface area (Å²) < 4.78 is 1.68. The molecule has 0 N–H and O–H groups in total. The van der Waals surface area contributed by atoms with Crippen molar-refractivity contribution < 1.29 is 0 Å². The summed E-state index contributed by atoms with van der Waals surface area (Å²) in [5, 5.41) is 10.7. The quantitative estimate of drug-likeness (QED) is 0.828. The molecule has 0 saturated carbocycles. The van der Waals surface area contributed by atoms with Crippen LogP contribution in [0.2, 0.25) is 0 Å². The van der Waals surface area contributed by atoms with Crippen molar-refractivity contribution in [2.24, 2.45) is 5.41 Å². The highest BCUT2D eigenvalue weighted by atomic mass is 16.1. The van der Waals surface area contributed by atoms with E-state index < -0.39 is 5.41 Å². The summed E-state index contributed by atoms with van der Waals surface area (Å²) in [4.78, 5) is 12.2. The highest BCUT2D eigenvalue weighted by Crippen LogP contribution is 2.19. The van der Waals surface area contributed by atoms with Gasteiger partial charge in [-0.2, -0.15) is 5.26 Å². The van der Waals surface area contributed by atoms with Gasteiger partial charge >= 0.3 is 0 Å². The molecule has 0 aliphatic rings. The number of rotatable bonds is 3. The van der Waals surface area contributed by atoms with Crippen LogP contribution in [0.1, 0.15) is 20.3 Å². The van der Waals surface area contributed by atoms with E-state index in [9.17, 15) is 4.79 Å². The summed E-state index contributed by atoms with van der Waals surface area (Å²) in [6.45, 7) is 4.35. The zero-order chi connectivity index (χ0) is 13.2. The Kier molecular flexibility index (Phi) is 3.20. The van der Waals surface area contributed by atoms with Crippen molar-refractivity contribution in [1.29, 1.82) is 5.26 Å². The molecule has 0 aliphatic carbocycles. The molecule has 0 fully saturated rings. The second kappa shape index (κ2) is 4.66. The minimum atomic E-state index is -0.398. The number of aromatic nitrogens is 1. The maximum Gasteiger partial charge on any atom is 0.258 e. The standard InChI is InChI=1S/C15H16N2O/c1-15(2,11-16)8-10-17-9-7-12-5-3-4-6-13(12)14(17)18/h3-7,9H,8,10H2,1-2H3. The molecule has 0 bridgehead atoms. The lowest BCUT2D eigenvalue weighted by molar-refractivity contribution is 0.410. The molecule has 0 spiro atoms. The van der Waals surface area contributed by atoms with Crippen LogP contribution in [0.25, 0.3) is 10.8 Å². The minimum Gasteiger partial charge on any atom is -0.315 e. The number of benzene rings is 1. The van der Waals surface area contributed by atoms with E-state index >= 15 is 0 Å². The van der Waals surface area contributed by atoms with Crippen LogP contribution in [-0.4, -0.2) is 4.57 Å². The lowest BCUT2D eigenvalue weighted by Gasteiger charge is -2.15. The van der Waals surface area contributed by atoms with Crippen molar-refractivity contribution in [3.05, 3.63) is 46.9 Å². The van der Waals surface area contributed by atoms with Crippen LogP contribution in [0.15, 0.2) is 41.3 Å². The Balaban J connectivity index is 2.34. The van der Waals surface area contributed by atoms with E-state index in [0.717, 1.165) is 10.8 Å². The van der Waals surface area contributed by atoms with E-state index in [4.69, 9.17) is 5.26 Å². The highest BCUT2D eigenvalue weighted by Gasteiger charge is 2.16. The molecule has 3 nitrogen and oxygen atoms in total. The number of nitrogens with zero attached hydrogens (tertiary/aromatic N) is 2. The largest absolute Gasteiger partial charge is 0.315 e. The van der Waals surface area contributed by atoms with Crippen LogP contribution in [0.5, 0.6) is 0 Å². The average Bonchev–Trinajstić information content (AvgIpc) is 2.38. The van der Waals surface area contributed by atoms with Crippen LogP contribution in [0.3, 0.4) is 0 Å². The topological polar surface area (TPSA) is 45.8 Å². The Labute approximate surface area is 106 Å². The fourth-order valence-electron chi connectivity index (χ4n) is 1.86. The third-order valence-corrected chi connectivity index (χ3v) is 3.17. The third kappa shape index (κ3) is 2.43. The monoisotopic (exact) mass is 240 g/mol. The molecule has 18 heavy (non-hydrogen) atoms. The number of hydrogen-bond donors (Lipinski definition) is 0. The maximum atomic E-state index is 12.2. The first kappa shape index (κ1) is 12.4. The van der Waals surface area contributed by atoms with E-state index in [1.54, 1.807) is 10.8 Å². The summed E-state index contributed by atoms with van der Waals surface area (Å²) in [5.74, 6) is 0. The zero-order valence-corrected chi connectivity index (χ0v) is 10.7. The Morgan fingerprint density at radius 3 is 2.72 bits per heavy atom. The first-order valence-electron chi connectivity index (χ1n) is 6.03. The van der Waals surface area contributed by atoms with Gasteiger partial charge in [0.2, 0.25) is 0 Å². The minimum absolute atomic E-state index is 0.0156. The number of pyridine rings is 1. The van der Waals surface area contributed by atoms with Crippen molar-refractivity contribution in [2.75, 3.05) is 0 Å². The van der Waals surface area contributed by atoms with E-state index in [1.807, 2.05) is 44.2 Å². The number of nitriles is 1. The van der Waals surface area contributed by atoms with Crippen LogP contribution in [0.4, 0.5) is 0 Å². The summed E-state index contributed by atoms with van der Waals surface area (Å²) in [6.07, 6.45) is 2.47. The first-order valence-corrected chi connectivity index (χ1v) is 6.03. The van der Waals surface area contributed by atoms with Gasteiger partial charge in [-0.3, -0.25) is 4.79 Å². The van der Waals surface area contributed by atoms with Crippen LogP contribution < -0.4 is 5.56 Å². The molecule has 3 heteroatoms. The molecule has 2 aromatic rings. The van der Waals surface area contributed by atoms with Crippen molar-refractivity contribution in [2.45, 2.75) is 26.8 Å². The molecular weight excluding hydrogens is 224 g/mol. The Morgan fingerprint density at radius 1 is 1.28 bits per heavy atom. The van der Waals surface area contributed by atoms with Crippen LogP contribution >= 0.6 is 0 Å². The second-order valence-electron chi connectivity index (χ2n) is 5.15. The summed E-state index contributed by atoms with van der Waals surface area (Å²) in [6, 6.07) is 11.8. The molecular formula is C15H16N2O. The molecule has 1 aromatic heterocycles. The molecule has 1 aromatic carbocycles. The van der Waals surface area contributed by atoms with Gasteiger partial charge in [0, 0.05) is 18.1 Å². The van der Waals surface area contributed by atoms with E-state index in [2.05, 4.69) is 6.07 Å².